The number of anilines is 1. The fourth-order valence-corrected chi connectivity index (χ4v) is 4.83. The van der Waals surface area contributed by atoms with Gasteiger partial charge in [0.1, 0.15) is 5.69 Å². The zero-order valence-corrected chi connectivity index (χ0v) is 17.0. The Morgan fingerprint density at radius 3 is 2.41 bits per heavy atom. The van der Waals surface area contributed by atoms with E-state index in [0.717, 1.165) is 0 Å². The molecule has 12 nitrogen and oxygen atoms in total. The number of aromatic nitrogens is 1. The van der Waals surface area contributed by atoms with Crippen LogP contribution in [0.2, 0.25) is 0 Å². The largest absolute Gasteiger partial charge is 0.478 e. The molecule has 0 atom stereocenters. The van der Waals surface area contributed by atoms with E-state index in [-0.39, 0.29) is 24.2 Å². The molecule has 0 spiro atoms. The van der Waals surface area contributed by atoms with Gasteiger partial charge in [0.2, 0.25) is 9.71 Å². The van der Waals surface area contributed by atoms with Gasteiger partial charge >= 0.3 is 5.97 Å². The molecule has 0 bridgehead atoms. The summed E-state index contributed by atoms with van der Waals surface area (Å²) in [5, 5.41) is 21.9. The maximum Gasteiger partial charge on any atom is 0.338 e. The van der Waals surface area contributed by atoms with Gasteiger partial charge in [-0.2, -0.15) is 16.8 Å². The van der Waals surface area contributed by atoms with Crippen molar-refractivity contribution in [2.75, 3.05) is 11.9 Å². The van der Waals surface area contributed by atoms with Gasteiger partial charge in [-0.1, -0.05) is 0 Å². The van der Waals surface area contributed by atoms with Crippen molar-refractivity contribution >= 4 is 54.0 Å². The number of benzene rings is 1. The molecule has 0 amide bonds. The monoisotopic (exact) mass is 464 g/mol. The maximum atomic E-state index is 11.4. The number of carboxylic acid groups (broad SMARTS) is 1. The first-order valence-corrected chi connectivity index (χ1v) is 11.7. The smallest absolute Gasteiger partial charge is 0.338 e. The van der Waals surface area contributed by atoms with Crippen molar-refractivity contribution in [3.05, 3.63) is 35.3 Å². The second kappa shape index (κ2) is 9.36. The molecule has 1 heterocycles. The Morgan fingerprint density at radius 2 is 1.86 bits per heavy atom. The number of thiazole rings is 1. The minimum Gasteiger partial charge on any atom is -0.478 e. The third kappa shape index (κ3) is 6.82. The normalized spacial score (nSPS) is 12.5. The highest BCUT2D eigenvalue weighted by molar-refractivity contribution is 8.03. The fraction of sp³-hybridized carbons (Fsp3) is 0.286. The first kappa shape index (κ1) is 22.8. The molecule has 0 aliphatic heterocycles. The average Bonchev–Trinajstić information content (AvgIpc) is 3.11. The van der Waals surface area contributed by atoms with Crippen LogP contribution in [0.4, 0.5) is 16.5 Å². The van der Waals surface area contributed by atoms with E-state index >= 15 is 0 Å². The van der Waals surface area contributed by atoms with E-state index in [2.05, 4.69) is 20.5 Å². The van der Waals surface area contributed by atoms with Crippen LogP contribution in [0.15, 0.2) is 40.0 Å². The van der Waals surface area contributed by atoms with Gasteiger partial charge in [-0.3, -0.25) is 9.11 Å². The average molecular weight is 465 g/mol. The molecule has 0 saturated carbocycles. The van der Waals surface area contributed by atoms with Gasteiger partial charge in [-0.15, -0.1) is 21.6 Å². The molecular formula is C14H16N4O8S3. The summed E-state index contributed by atoms with van der Waals surface area (Å²) in [6.07, 6.45) is 0.910. The molecule has 0 aliphatic carbocycles. The van der Waals surface area contributed by atoms with Crippen LogP contribution in [0.3, 0.4) is 0 Å². The van der Waals surface area contributed by atoms with Crippen molar-refractivity contribution in [2.24, 2.45) is 10.2 Å². The number of hydrogen-bond acceptors (Lipinski definition) is 10. The molecule has 158 valence electrons. The Hall–Kier alpha value is -2.46. The number of carbonyl (C=O) groups is 1. The molecule has 0 aliphatic rings. The molecule has 2 aromatic rings. The standard InChI is InChI=1S/C14H16N4O8S3/c19-13(20)10-8-9(3-4-11(10)17-18-14-16-6-7-27-14)15-5-1-2-12(28(21,22)23)29(24,25)26/h3-4,6-8,12,15H,1-2,5H2,(H,19,20)(H,21,22,23)(H,24,25,26). The van der Waals surface area contributed by atoms with Crippen LogP contribution in [-0.4, -0.2) is 53.1 Å². The van der Waals surface area contributed by atoms with E-state index in [1.807, 2.05) is 0 Å². The molecule has 1 aromatic carbocycles. The van der Waals surface area contributed by atoms with E-state index < -0.39 is 37.2 Å². The maximum absolute atomic E-state index is 11.4. The number of nitrogens with one attached hydrogen (secondary N) is 1. The SMILES string of the molecule is O=C(O)c1cc(NCCCC(S(=O)(=O)O)S(=O)(=O)O)ccc1N=Nc1nccs1. The lowest BCUT2D eigenvalue weighted by atomic mass is 10.1. The summed E-state index contributed by atoms with van der Waals surface area (Å²) in [7, 11) is -9.97. The van der Waals surface area contributed by atoms with Gasteiger partial charge in [0, 0.05) is 23.8 Å². The lowest BCUT2D eigenvalue weighted by Gasteiger charge is -2.12. The second-order valence-corrected chi connectivity index (χ2v) is 9.95. The van der Waals surface area contributed by atoms with Crippen LogP contribution in [0.5, 0.6) is 0 Å². The summed E-state index contributed by atoms with van der Waals surface area (Å²) in [5.41, 5.74) is 0.297. The van der Waals surface area contributed by atoms with Crippen LogP contribution in [0.1, 0.15) is 23.2 Å². The number of hydrogen-bond donors (Lipinski definition) is 4. The molecule has 4 N–H and O–H groups in total. The Balaban J connectivity index is 2.04. The van der Waals surface area contributed by atoms with Gasteiger partial charge < -0.3 is 10.4 Å². The number of azo groups is 1. The summed E-state index contributed by atoms with van der Waals surface area (Å²) in [4.78, 5) is 15.3. The molecule has 0 fully saturated rings. The number of rotatable bonds is 10. The predicted octanol–water partition coefficient (Wildman–Crippen LogP) is 2.55. The fourth-order valence-electron chi connectivity index (χ4n) is 2.22. The van der Waals surface area contributed by atoms with Crippen molar-refractivity contribution in [3.63, 3.8) is 0 Å². The topological polar surface area (TPSA) is 196 Å². The number of aromatic carboxylic acids is 1. The third-order valence-electron chi connectivity index (χ3n) is 3.50. The lowest BCUT2D eigenvalue weighted by Crippen LogP contribution is -2.30. The van der Waals surface area contributed by atoms with E-state index in [9.17, 15) is 26.7 Å². The lowest BCUT2D eigenvalue weighted by molar-refractivity contribution is 0.0697. The van der Waals surface area contributed by atoms with Crippen molar-refractivity contribution in [1.29, 1.82) is 0 Å². The highest BCUT2D eigenvalue weighted by atomic mass is 32.3. The highest BCUT2D eigenvalue weighted by Gasteiger charge is 2.34. The Labute approximate surface area is 169 Å². The summed E-state index contributed by atoms with van der Waals surface area (Å²) in [6, 6.07) is 4.19. The first-order valence-electron chi connectivity index (χ1n) is 7.83. The van der Waals surface area contributed by atoms with Crippen LogP contribution >= 0.6 is 11.3 Å². The predicted molar refractivity (Wildman–Crippen MR) is 104 cm³/mol. The van der Waals surface area contributed by atoms with Gasteiger partial charge in [0.25, 0.3) is 20.2 Å². The minimum atomic E-state index is -4.99. The van der Waals surface area contributed by atoms with E-state index in [1.54, 1.807) is 5.38 Å². The van der Waals surface area contributed by atoms with E-state index in [4.69, 9.17) is 9.11 Å². The van der Waals surface area contributed by atoms with Crippen molar-refractivity contribution in [1.82, 2.24) is 4.98 Å². The van der Waals surface area contributed by atoms with Crippen LogP contribution in [-0.2, 0) is 20.2 Å². The highest BCUT2D eigenvalue weighted by Crippen LogP contribution is 2.26. The molecule has 1 aromatic heterocycles. The minimum absolute atomic E-state index is 0.0422. The van der Waals surface area contributed by atoms with Gasteiger partial charge in [0.05, 0.1) is 5.56 Å². The summed E-state index contributed by atoms with van der Waals surface area (Å²) in [5.74, 6) is -1.25. The Morgan fingerprint density at radius 1 is 1.17 bits per heavy atom. The van der Waals surface area contributed by atoms with Crippen molar-refractivity contribution in [2.45, 2.75) is 17.4 Å². The quantitative estimate of drug-likeness (QED) is 0.230. The molecule has 2 rings (SSSR count). The molecule has 29 heavy (non-hydrogen) atoms. The van der Waals surface area contributed by atoms with Crippen molar-refractivity contribution in [3.8, 4) is 0 Å². The summed E-state index contributed by atoms with van der Waals surface area (Å²) >= 11 is 1.23. The zero-order chi connectivity index (χ0) is 21.7. The Bertz CT molecular complexity index is 1070. The third-order valence-corrected chi connectivity index (χ3v) is 7.41. The number of nitrogens with zero attached hydrogens (tertiary/aromatic N) is 3. The first-order chi connectivity index (χ1) is 13.5. The van der Waals surface area contributed by atoms with Crippen LogP contribution in [0, 0.1) is 0 Å². The molecule has 0 unspecified atom stereocenters. The van der Waals surface area contributed by atoms with E-state index in [0.29, 0.717) is 10.8 Å². The summed E-state index contributed by atoms with van der Waals surface area (Å²) in [6.45, 7) is 0.0422. The van der Waals surface area contributed by atoms with Gasteiger partial charge in [0.15, 0.2) is 0 Å². The Kier molecular flexibility index (Phi) is 7.37. The van der Waals surface area contributed by atoms with E-state index in [1.165, 1.54) is 35.7 Å². The van der Waals surface area contributed by atoms with Crippen molar-refractivity contribution < 1.29 is 35.8 Å². The van der Waals surface area contributed by atoms with Gasteiger partial charge in [-0.05, 0) is 31.0 Å². The second-order valence-electron chi connectivity index (χ2n) is 5.58. The molecule has 0 radical (unpaired) electrons. The summed E-state index contributed by atoms with van der Waals surface area (Å²) < 4.78 is 59.7. The number of carboxylic acids is 1. The zero-order valence-electron chi connectivity index (χ0n) is 14.5. The molecule has 0 saturated heterocycles. The van der Waals surface area contributed by atoms with Crippen LogP contribution < -0.4 is 5.32 Å². The molecule has 15 heteroatoms. The van der Waals surface area contributed by atoms with Crippen LogP contribution in [0.25, 0.3) is 0 Å². The van der Waals surface area contributed by atoms with Gasteiger partial charge in [-0.25, -0.2) is 9.78 Å². The molecular weight excluding hydrogens is 448 g/mol.